The zero-order valence-electron chi connectivity index (χ0n) is 15.8. The second kappa shape index (κ2) is 7.98. The lowest BCUT2D eigenvalue weighted by atomic mass is 10.1. The zero-order valence-corrected chi connectivity index (χ0v) is 16.6. The van der Waals surface area contributed by atoms with Gasteiger partial charge in [-0.15, -0.1) is 0 Å². The van der Waals surface area contributed by atoms with Crippen LogP contribution in [0.5, 0.6) is 0 Å². The normalized spacial score (nSPS) is 19.9. The van der Waals surface area contributed by atoms with E-state index in [1.165, 1.54) is 13.0 Å². The number of sulfonamides is 1. The second-order valence-electron chi connectivity index (χ2n) is 7.43. The summed E-state index contributed by atoms with van der Waals surface area (Å²) in [4.78, 5) is 25.6. The van der Waals surface area contributed by atoms with Crippen LogP contribution in [0, 0.1) is 0 Å². The third-order valence-corrected chi connectivity index (χ3v) is 6.74. The smallest absolute Gasteiger partial charge is 0.240 e. The second-order valence-corrected chi connectivity index (χ2v) is 9.20. The number of hydrogen-bond acceptors (Lipinski definition) is 4. The zero-order chi connectivity index (χ0) is 19.6. The first-order valence-corrected chi connectivity index (χ1v) is 11.0. The Labute approximate surface area is 160 Å². The van der Waals surface area contributed by atoms with Gasteiger partial charge in [-0.3, -0.25) is 9.59 Å². The van der Waals surface area contributed by atoms with Crippen LogP contribution >= 0.6 is 0 Å². The van der Waals surface area contributed by atoms with Crippen LogP contribution in [0.1, 0.15) is 51.5 Å². The molecule has 2 N–H and O–H groups in total. The average molecular weight is 394 g/mol. The molecule has 0 saturated heterocycles. The van der Waals surface area contributed by atoms with Crippen molar-refractivity contribution in [3.63, 3.8) is 0 Å². The van der Waals surface area contributed by atoms with Gasteiger partial charge in [0.2, 0.25) is 21.8 Å². The molecule has 2 amide bonds. The number of benzene rings is 1. The Balaban J connectivity index is 1.60. The maximum absolute atomic E-state index is 12.5. The fourth-order valence-corrected chi connectivity index (χ4v) is 5.09. The predicted molar refractivity (Wildman–Crippen MR) is 103 cm³/mol. The van der Waals surface area contributed by atoms with Crippen LogP contribution in [-0.2, 0) is 26.0 Å². The van der Waals surface area contributed by atoms with E-state index in [4.69, 9.17) is 0 Å². The van der Waals surface area contributed by atoms with Crippen LogP contribution in [0.25, 0.3) is 0 Å². The standard InChI is InChI=1S/C19H27N3O4S/c1-13-11-15-12-17(7-8-18(15)22(13)14(2)23)27(25,26)20-10-9-19(24)21-16-5-3-4-6-16/h7-8,12-13,16,20H,3-6,9-11H2,1-2H3,(H,21,24)/t13-/m0/s1. The first-order chi connectivity index (χ1) is 12.8. The Hall–Kier alpha value is -1.93. The van der Waals surface area contributed by atoms with E-state index < -0.39 is 10.0 Å². The molecule has 1 saturated carbocycles. The number of nitrogens with zero attached hydrogens (tertiary/aromatic N) is 1. The number of anilines is 1. The molecule has 8 heteroatoms. The first kappa shape index (κ1) is 19.8. The molecule has 1 fully saturated rings. The lowest BCUT2D eigenvalue weighted by Crippen LogP contribution is -2.35. The molecule has 0 aromatic heterocycles. The van der Waals surface area contributed by atoms with Gasteiger partial charge in [0.1, 0.15) is 0 Å². The summed E-state index contributed by atoms with van der Waals surface area (Å²) in [6.45, 7) is 3.51. The number of nitrogens with one attached hydrogen (secondary N) is 2. The van der Waals surface area contributed by atoms with E-state index in [2.05, 4.69) is 10.0 Å². The van der Waals surface area contributed by atoms with E-state index in [-0.39, 0.29) is 41.8 Å². The molecule has 2 aliphatic rings. The van der Waals surface area contributed by atoms with Crippen molar-refractivity contribution in [3.8, 4) is 0 Å². The first-order valence-electron chi connectivity index (χ1n) is 9.49. The van der Waals surface area contributed by atoms with Gasteiger partial charge in [-0.05, 0) is 49.9 Å². The Kier molecular flexibility index (Phi) is 5.86. The Morgan fingerprint density at radius 2 is 1.93 bits per heavy atom. The van der Waals surface area contributed by atoms with Crippen molar-refractivity contribution >= 4 is 27.5 Å². The number of amides is 2. The quantitative estimate of drug-likeness (QED) is 0.769. The van der Waals surface area contributed by atoms with E-state index in [0.29, 0.717) is 6.42 Å². The van der Waals surface area contributed by atoms with Crippen LogP contribution in [0.15, 0.2) is 23.1 Å². The summed E-state index contributed by atoms with van der Waals surface area (Å²) in [5, 5.41) is 2.95. The van der Waals surface area contributed by atoms with Gasteiger partial charge in [-0.25, -0.2) is 13.1 Å². The molecule has 7 nitrogen and oxygen atoms in total. The highest BCUT2D eigenvalue weighted by atomic mass is 32.2. The highest BCUT2D eigenvalue weighted by molar-refractivity contribution is 7.89. The maximum Gasteiger partial charge on any atom is 0.240 e. The summed E-state index contributed by atoms with van der Waals surface area (Å²) in [7, 11) is -3.69. The minimum absolute atomic E-state index is 0.0164. The van der Waals surface area contributed by atoms with Gasteiger partial charge in [0.15, 0.2) is 0 Å². The molecule has 0 unspecified atom stereocenters. The minimum atomic E-state index is -3.69. The van der Waals surface area contributed by atoms with Gasteiger partial charge < -0.3 is 10.2 Å². The largest absolute Gasteiger partial charge is 0.353 e. The molecule has 0 spiro atoms. The number of carbonyl (C=O) groups excluding carboxylic acids is 2. The number of carbonyl (C=O) groups is 2. The fourth-order valence-electron chi connectivity index (χ4n) is 4.01. The highest BCUT2D eigenvalue weighted by Gasteiger charge is 2.30. The van der Waals surface area contributed by atoms with Crippen molar-refractivity contribution in [1.29, 1.82) is 0 Å². The number of fused-ring (bicyclic) bond motifs is 1. The molecule has 1 aromatic rings. The van der Waals surface area contributed by atoms with Crippen molar-refractivity contribution in [2.75, 3.05) is 11.4 Å². The summed E-state index contributed by atoms with van der Waals surface area (Å²) in [6.07, 6.45) is 5.02. The van der Waals surface area contributed by atoms with Crippen molar-refractivity contribution < 1.29 is 18.0 Å². The molecule has 0 bridgehead atoms. The molecule has 148 valence electrons. The molecule has 27 heavy (non-hydrogen) atoms. The lowest BCUT2D eigenvalue weighted by molar-refractivity contribution is -0.121. The van der Waals surface area contributed by atoms with Crippen molar-refractivity contribution in [2.45, 2.75) is 69.4 Å². The lowest BCUT2D eigenvalue weighted by Gasteiger charge is -2.20. The van der Waals surface area contributed by atoms with Crippen LogP contribution in [0.2, 0.25) is 0 Å². The third kappa shape index (κ3) is 4.50. The Morgan fingerprint density at radius 3 is 2.59 bits per heavy atom. The summed E-state index contributed by atoms with van der Waals surface area (Å²) in [5.41, 5.74) is 1.62. The molecular weight excluding hydrogens is 366 g/mol. The van der Waals surface area contributed by atoms with Gasteiger partial charge >= 0.3 is 0 Å². The molecule has 1 aliphatic heterocycles. The topological polar surface area (TPSA) is 95.6 Å². The van der Waals surface area contributed by atoms with Crippen molar-refractivity contribution in [3.05, 3.63) is 23.8 Å². The van der Waals surface area contributed by atoms with Gasteiger partial charge in [-0.1, -0.05) is 12.8 Å². The summed E-state index contributed by atoms with van der Waals surface area (Å²) < 4.78 is 27.6. The molecule has 0 radical (unpaired) electrons. The van der Waals surface area contributed by atoms with Gasteiger partial charge in [0, 0.05) is 37.7 Å². The highest BCUT2D eigenvalue weighted by Crippen LogP contribution is 2.33. The summed E-state index contributed by atoms with van der Waals surface area (Å²) >= 11 is 0. The molecule has 1 aliphatic carbocycles. The third-order valence-electron chi connectivity index (χ3n) is 5.28. The molecular formula is C19H27N3O4S. The molecule has 1 heterocycles. The molecule has 1 aromatic carbocycles. The van der Waals surface area contributed by atoms with Crippen molar-refractivity contribution in [2.24, 2.45) is 0 Å². The predicted octanol–water partition coefficient (Wildman–Crippen LogP) is 1.71. The maximum atomic E-state index is 12.5. The van der Waals surface area contributed by atoms with E-state index >= 15 is 0 Å². The van der Waals surface area contributed by atoms with Crippen molar-refractivity contribution in [1.82, 2.24) is 10.0 Å². The fraction of sp³-hybridized carbons (Fsp3) is 0.579. The number of rotatable bonds is 6. The van der Waals surface area contributed by atoms with Crippen LogP contribution < -0.4 is 14.9 Å². The SMILES string of the molecule is CC(=O)N1c2ccc(S(=O)(=O)NCCC(=O)NC3CCCC3)cc2C[C@@H]1C. The van der Waals surface area contributed by atoms with Crippen LogP contribution in [0.4, 0.5) is 5.69 Å². The Bertz CT molecular complexity index is 831. The summed E-state index contributed by atoms with van der Waals surface area (Å²) in [5.74, 6) is -0.173. The average Bonchev–Trinajstić information content (AvgIpc) is 3.20. The van der Waals surface area contributed by atoms with Gasteiger partial charge in [0.05, 0.1) is 4.90 Å². The molecule has 1 atom stereocenters. The van der Waals surface area contributed by atoms with E-state index in [9.17, 15) is 18.0 Å². The number of hydrogen-bond donors (Lipinski definition) is 2. The Morgan fingerprint density at radius 1 is 1.22 bits per heavy atom. The van der Waals surface area contributed by atoms with E-state index in [1.54, 1.807) is 17.0 Å². The summed E-state index contributed by atoms with van der Waals surface area (Å²) in [6, 6.07) is 5.06. The van der Waals surface area contributed by atoms with E-state index in [0.717, 1.165) is 36.9 Å². The molecule has 3 rings (SSSR count). The van der Waals surface area contributed by atoms with E-state index in [1.807, 2.05) is 6.92 Å². The van der Waals surface area contributed by atoms with Gasteiger partial charge in [0.25, 0.3) is 0 Å². The van der Waals surface area contributed by atoms with Crippen LogP contribution in [-0.4, -0.2) is 38.9 Å². The van der Waals surface area contributed by atoms with Gasteiger partial charge in [-0.2, -0.15) is 0 Å². The minimum Gasteiger partial charge on any atom is -0.353 e. The van der Waals surface area contributed by atoms with Crippen LogP contribution in [0.3, 0.4) is 0 Å². The monoisotopic (exact) mass is 393 g/mol.